The summed E-state index contributed by atoms with van der Waals surface area (Å²) in [5.41, 5.74) is 0.583. The standard InChI is InChI=1S/C24H18Br2FN3O4/c1-2-33-19-11-15(12-28-30-23(31)17-5-3-4-6-18(17)29-24(30)32)20(25)21(26)22(19)34-13-14-7-9-16(27)10-8-14/h3-12H,2,13H2,1H3,(H,29,32). The average Bonchev–Trinajstić information content (AvgIpc) is 2.83. The van der Waals surface area contributed by atoms with E-state index in [0.717, 1.165) is 10.2 Å². The summed E-state index contributed by atoms with van der Waals surface area (Å²) in [4.78, 5) is 27.8. The number of hydrogen-bond acceptors (Lipinski definition) is 5. The van der Waals surface area contributed by atoms with E-state index in [1.54, 1.807) is 42.5 Å². The van der Waals surface area contributed by atoms with E-state index in [-0.39, 0.29) is 12.4 Å². The first kappa shape index (κ1) is 23.9. The number of para-hydroxylation sites is 1. The van der Waals surface area contributed by atoms with Crippen molar-refractivity contribution >= 4 is 49.0 Å². The molecule has 7 nitrogen and oxygen atoms in total. The van der Waals surface area contributed by atoms with Crippen molar-refractivity contribution < 1.29 is 13.9 Å². The second kappa shape index (κ2) is 10.4. The molecule has 0 aliphatic rings. The van der Waals surface area contributed by atoms with E-state index < -0.39 is 11.2 Å². The molecule has 0 spiro atoms. The Bertz CT molecular complexity index is 1500. The monoisotopic (exact) mass is 589 g/mol. The summed E-state index contributed by atoms with van der Waals surface area (Å²) in [6, 6.07) is 14.4. The van der Waals surface area contributed by atoms with E-state index in [1.807, 2.05) is 6.92 Å². The van der Waals surface area contributed by atoms with E-state index in [2.05, 4.69) is 41.9 Å². The van der Waals surface area contributed by atoms with Crippen LogP contribution in [0.3, 0.4) is 0 Å². The number of fused-ring (bicyclic) bond motifs is 1. The van der Waals surface area contributed by atoms with Crippen LogP contribution < -0.4 is 20.7 Å². The maximum absolute atomic E-state index is 13.2. The lowest BCUT2D eigenvalue weighted by atomic mass is 10.2. The number of benzene rings is 3. The molecule has 0 radical (unpaired) electrons. The minimum absolute atomic E-state index is 0.195. The minimum Gasteiger partial charge on any atom is -0.490 e. The Labute approximate surface area is 210 Å². The summed E-state index contributed by atoms with van der Waals surface area (Å²) in [5.74, 6) is 0.549. The lowest BCUT2D eigenvalue weighted by Crippen LogP contribution is -2.32. The van der Waals surface area contributed by atoms with Gasteiger partial charge in [-0.25, -0.2) is 9.18 Å². The number of rotatable bonds is 7. The fourth-order valence-corrected chi connectivity index (χ4v) is 4.15. The van der Waals surface area contributed by atoms with Crippen LogP contribution in [0.4, 0.5) is 4.39 Å². The fraction of sp³-hybridized carbons (Fsp3) is 0.125. The van der Waals surface area contributed by atoms with Crippen molar-refractivity contribution in [2.75, 3.05) is 6.61 Å². The zero-order valence-electron chi connectivity index (χ0n) is 17.8. The molecule has 0 bridgehead atoms. The number of nitrogens with one attached hydrogen (secondary N) is 1. The van der Waals surface area contributed by atoms with Crippen LogP contribution in [0.25, 0.3) is 10.9 Å². The summed E-state index contributed by atoms with van der Waals surface area (Å²) in [5, 5.41) is 4.46. The molecule has 0 amide bonds. The molecule has 0 saturated heterocycles. The van der Waals surface area contributed by atoms with Crippen LogP contribution in [0.15, 0.2) is 78.2 Å². The Hall–Kier alpha value is -3.24. The molecule has 0 saturated carbocycles. The molecular formula is C24H18Br2FN3O4. The van der Waals surface area contributed by atoms with E-state index in [1.165, 1.54) is 18.3 Å². The lowest BCUT2D eigenvalue weighted by Gasteiger charge is -2.16. The van der Waals surface area contributed by atoms with Gasteiger partial charge in [0, 0.05) is 10.0 Å². The van der Waals surface area contributed by atoms with Gasteiger partial charge >= 0.3 is 5.69 Å². The summed E-state index contributed by atoms with van der Waals surface area (Å²) in [7, 11) is 0. The second-order valence-electron chi connectivity index (χ2n) is 7.11. The van der Waals surface area contributed by atoms with Gasteiger partial charge in [-0.3, -0.25) is 4.79 Å². The predicted octanol–water partition coefficient (Wildman–Crippen LogP) is 5.21. The first-order valence-electron chi connectivity index (χ1n) is 10.2. The molecule has 10 heteroatoms. The van der Waals surface area contributed by atoms with Crippen LogP contribution in [-0.2, 0) is 6.61 Å². The Morgan fingerprint density at radius 1 is 1.06 bits per heavy atom. The van der Waals surface area contributed by atoms with Gasteiger partial charge in [-0.1, -0.05) is 24.3 Å². The van der Waals surface area contributed by atoms with Gasteiger partial charge in [0.1, 0.15) is 12.4 Å². The van der Waals surface area contributed by atoms with Crippen molar-refractivity contribution in [1.29, 1.82) is 0 Å². The first-order chi connectivity index (χ1) is 16.4. The molecule has 4 rings (SSSR count). The molecule has 0 atom stereocenters. The summed E-state index contributed by atoms with van der Waals surface area (Å²) in [6.07, 6.45) is 1.38. The molecule has 0 unspecified atom stereocenters. The van der Waals surface area contributed by atoms with Crippen LogP contribution in [-0.4, -0.2) is 22.5 Å². The van der Waals surface area contributed by atoms with Gasteiger partial charge in [-0.05, 0) is 74.7 Å². The van der Waals surface area contributed by atoms with Crippen molar-refractivity contribution in [3.63, 3.8) is 0 Å². The van der Waals surface area contributed by atoms with Gasteiger partial charge in [0.15, 0.2) is 11.5 Å². The molecule has 0 fully saturated rings. The summed E-state index contributed by atoms with van der Waals surface area (Å²) >= 11 is 7.02. The van der Waals surface area contributed by atoms with Crippen molar-refractivity contribution in [3.8, 4) is 11.5 Å². The lowest BCUT2D eigenvalue weighted by molar-refractivity contribution is 0.267. The highest BCUT2D eigenvalue weighted by Gasteiger charge is 2.17. The topological polar surface area (TPSA) is 85.7 Å². The van der Waals surface area contributed by atoms with E-state index in [9.17, 15) is 14.0 Å². The van der Waals surface area contributed by atoms with Crippen molar-refractivity contribution in [2.45, 2.75) is 13.5 Å². The van der Waals surface area contributed by atoms with E-state index in [0.29, 0.717) is 43.5 Å². The molecule has 34 heavy (non-hydrogen) atoms. The third-order valence-electron chi connectivity index (χ3n) is 4.85. The SMILES string of the molecule is CCOc1cc(C=Nn2c(=O)[nH]c3ccccc3c2=O)c(Br)c(Br)c1OCc1ccc(F)cc1. The van der Waals surface area contributed by atoms with Crippen molar-refractivity contribution in [3.05, 3.63) is 101 Å². The third-order valence-corrected chi connectivity index (χ3v) is 6.99. The first-order valence-corrected chi connectivity index (χ1v) is 11.8. The highest BCUT2D eigenvalue weighted by molar-refractivity contribution is 9.13. The van der Waals surface area contributed by atoms with E-state index >= 15 is 0 Å². The van der Waals surface area contributed by atoms with Crippen molar-refractivity contribution in [2.24, 2.45) is 5.10 Å². The van der Waals surface area contributed by atoms with Gasteiger partial charge in [-0.15, -0.1) is 4.68 Å². The molecule has 1 N–H and O–H groups in total. The number of nitrogens with zero attached hydrogens (tertiary/aromatic N) is 2. The molecule has 4 aromatic rings. The minimum atomic E-state index is -0.653. The zero-order chi connectivity index (χ0) is 24.2. The average molecular weight is 591 g/mol. The van der Waals surface area contributed by atoms with Gasteiger partial charge in [0.2, 0.25) is 0 Å². The molecule has 3 aromatic carbocycles. The predicted molar refractivity (Wildman–Crippen MR) is 136 cm³/mol. The molecule has 174 valence electrons. The Morgan fingerprint density at radius 3 is 2.53 bits per heavy atom. The Morgan fingerprint density at radius 2 is 1.79 bits per heavy atom. The van der Waals surface area contributed by atoms with E-state index in [4.69, 9.17) is 9.47 Å². The van der Waals surface area contributed by atoms with Gasteiger partial charge < -0.3 is 14.5 Å². The fourth-order valence-electron chi connectivity index (χ4n) is 3.21. The van der Waals surface area contributed by atoms with Crippen molar-refractivity contribution in [1.82, 2.24) is 9.66 Å². The number of halogens is 3. The maximum Gasteiger partial charge on any atom is 0.349 e. The quantitative estimate of drug-likeness (QED) is 0.299. The number of aromatic amines is 1. The number of ether oxygens (including phenoxy) is 2. The molecule has 1 aromatic heterocycles. The Balaban J connectivity index is 1.70. The second-order valence-corrected chi connectivity index (χ2v) is 8.69. The Kier molecular flexibility index (Phi) is 7.28. The molecule has 0 aliphatic heterocycles. The highest BCUT2D eigenvalue weighted by atomic mass is 79.9. The van der Waals surface area contributed by atoms with Gasteiger partial charge in [0.25, 0.3) is 5.56 Å². The zero-order valence-corrected chi connectivity index (χ0v) is 21.0. The smallest absolute Gasteiger partial charge is 0.349 e. The molecular weight excluding hydrogens is 573 g/mol. The third kappa shape index (κ3) is 4.97. The number of hydrogen-bond donors (Lipinski definition) is 1. The number of H-pyrrole nitrogens is 1. The molecule has 1 heterocycles. The van der Waals surface area contributed by atoms with Gasteiger partial charge in [0.05, 0.1) is 28.2 Å². The van der Waals surface area contributed by atoms with Gasteiger partial charge in [-0.2, -0.15) is 5.10 Å². The normalized spacial score (nSPS) is 11.3. The van der Waals surface area contributed by atoms with Crippen LogP contribution >= 0.6 is 31.9 Å². The van der Waals surface area contributed by atoms with Crippen LogP contribution in [0.5, 0.6) is 11.5 Å². The van der Waals surface area contributed by atoms with Crippen LogP contribution in [0.2, 0.25) is 0 Å². The number of aromatic nitrogens is 2. The van der Waals surface area contributed by atoms with Crippen LogP contribution in [0.1, 0.15) is 18.1 Å². The summed E-state index contributed by atoms with van der Waals surface area (Å²) in [6.45, 7) is 2.41. The molecule has 0 aliphatic carbocycles. The largest absolute Gasteiger partial charge is 0.490 e. The maximum atomic E-state index is 13.2. The van der Waals surface area contributed by atoms with Crippen LogP contribution in [0, 0.1) is 5.82 Å². The summed E-state index contributed by atoms with van der Waals surface area (Å²) < 4.78 is 26.8. The highest BCUT2D eigenvalue weighted by Crippen LogP contribution is 2.42.